The Morgan fingerprint density at radius 1 is 1.18 bits per heavy atom. The fraction of sp³-hybridized carbons (Fsp3) is 0.429. The fourth-order valence-electron chi connectivity index (χ4n) is 6.69. The molecule has 0 heterocycles. The van der Waals surface area contributed by atoms with Crippen LogP contribution in [0.2, 0.25) is 0 Å². The zero-order valence-corrected chi connectivity index (χ0v) is 21.5. The first-order valence-electron chi connectivity index (χ1n) is 12.7. The predicted octanol–water partition coefficient (Wildman–Crippen LogP) is 0.706. The summed E-state index contributed by atoms with van der Waals surface area (Å²) in [7, 11) is 3.10. The summed E-state index contributed by atoms with van der Waals surface area (Å²) in [6.45, 7) is -0.0118. The first-order chi connectivity index (χ1) is 18.4. The highest BCUT2D eigenvalue weighted by molar-refractivity contribution is 6.25. The molecule has 5 atom stereocenters. The van der Waals surface area contributed by atoms with E-state index in [9.17, 15) is 38.9 Å². The minimum atomic E-state index is -2.68. The molecule has 6 N–H and O–H groups in total. The number of halogens is 1. The molecule has 1 fully saturated rings. The molecule has 2 aromatic carbocycles. The summed E-state index contributed by atoms with van der Waals surface area (Å²) < 4.78 is 12.5. The number of carbonyl (C=O) groups excluding carboxylic acids is 4. The van der Waals surface area contributed by atoms with Crippen molar-refractivity contribution < 1.29 is 38.9 Å². The summed E-state index contributed by atoms with van der Waals surface area (Å²) in [5.74, 6) is -8.39. The number of alkyl halides is 1. The maximum atomic E-state index is 13.9. The number of phenolic OH excluding ortho intramolecular Hbond substituents is 1. The minimum Gasteiger partial charge on any atom is -0.508 e. The van der Waals surface area contributed by atoms with Crippen molar-refractivity contribution in [2.75, 3.05) is 27.3 Å². The summed E-state index contributed by atoms with van der Waals surface area (Å²) >= 11 is 0. The number of nitrogens with zero attached hydrogens (tertiary/aromatic N) is 1. The number of phenols is 1. The topological polar surface area (TPSA) is 170 Å². The fourth-order valence-corrected chi connectivity index (χ4v) is 6.69. The standard InChI is InChI=1S/C28H30FN3O7/c1-32(2)21-17-10-15-9-14-8-13-4-3-12(11-31-6-5-29)7-16(13)22(33)18(14)23(34)19(15)25(36)28(17,39)26(37)20(24(21)35)27(30)38/h3-4,7-8,15,17,19,21,31,33,37,39H,5-6,9-11H2,1-2H3,(H2,30,38)/t15-,17-,19?,21-,28-/m0/s1. The van der Waals surface area contributed by atoms with E-state index in [1.165, 1.54) is 4.90 Å². The van der Waals surface area contributed by atoms with E-state index in [1.807, 2.05) is 6.07 Å². The van der Waals surface area contributed by atoms with Gasteiger partial charge in [0.25, 0.3) is 5.91 Å². The van der Waals surface area contributed by atoms with Crippen molar-refractivity contribution in [3.05, 3.63) is 52.3 Å². The highest BCUT2D eigenvalue weighted by Crippen LogP contribution is 2.52. The van der Waals surface area contributed by atoms with Crippen LogP contribution >= 0.6 is 0 Å². The molecule has 0 bridgehead atoms. The van der Waals surface area contributed by atoms with Crippen molar-refractivity contribution in [1.82, 2.24) is 10.2 Å². The number of nitrogens with two attached hydrogens (primary N) is 1. The molecule has 1 saturated carbocycles. The number of primary amides is 1. The maximum Gasteiger partial charge on any atom is 0.255 e. The Morgan fingerprint density at radius 3 is 2.54 bits per heavy atom. The van der Waals surface area contributed by atoms with Gasteiger partial charge in [0.05, 0.1) is 17.5 Å². The molecule has 1 unspecified atom stereocenters. The van der Waals surface area contributed by atoms with Gasteiger partial charge in [-0.2, -0.15) is 0 Å². The Morgan fingerprint density at radius 2 is 1.90 bits per heavy atom. The van der Waals surface area contributed by atoms with Gasteiger partial charge in [0.15, 0.2) is 23.0 Å². The number of benzene rings is 2. The summed E-state index contributed by atoms with van der Waals surface area (Å²) in [5, 5.41) is 37.8. The van der Waals surface area contributed by atoms with Gasteiger partial charge in [-0.3, -0.25) is 24.1 Å². The Kier molecular flexibility index (Phi) is 6.56. The summed E-state index contributed by atoms with van der Waals surface area (Å²) in [4.78, 5) is 54.4. The van der Waals surface area contributed by atoms with Crippen LogP contribution in [0, 0.1) is 17.8 Å². The van der Waals surface area contributed by atoms with Gasteiger partial charge >= 0.3 is 0 Å². The molecule has 0 aliphatic heterocycles. The zero-order valence-electron chi connectivity index (χ0n) is 21.5. The minimum absolute atomic E-state index is 0.0285. The van der Waals surface area contributed by atoms with E-state index in [0.29, 0.717) is 22.9 Å². The Bertz CT molecular complexity index is 1470. The summed E-state index contributed by atoms with van der Waals surface area (Å²) in [6.07, 6.45) is 0.246. The second-order valence-corrected chi connectivity index (χ2v) is 10.8. The lowest BCUT2D eigenvalue weighted by Gasteiger charge is -2.51. The number of aromatic hydroxyl groups is 1. The Hall–Kier alpha value is -3.67. The monoisotopic (exact) mass is 539 g/mol. The van der Waals surface area contributed by atoms with E-state index in [4.69, 9.17) is 5.73 Å². The largest absolute Gasteiger partial charge is 0.508 e. The van der Waals surface area contributed by atoms with E-state index in [-0.39, 0.29) is 30.7 Å². The van der Waals surface area contributed by atoms with Crippen molar-refractivity contribution in [3.8, 4) is 5.75 Å². The molecule has 39 heavy (non-hydrogen) atoms. The number of hydrogen-bond donors (Lipinski definition) is 5. The number of nitrogens with one attached hydrogen (secondary N) is 1. The van der Waals surface area contributed by atoms with Crippen LogP contribution in [0.15, 0.2) is 35.6 Å². The average Bonchev–Trinajstić information content (AvgIpc) is 2.86. The van der Waals surface area contributed by atoms with Gasteiger partial charge in [0.2, 0.25) is 0 Å². The van der Waals surface area contributed by atoms with E-state index in [0.717, 1.165) is 5.56 Å². The van der Waals surface area contributed by atoms with Gasteiger partial charge in [-0.05, 0) is 55.4 Å². The van der Waals surface area contributed by atoms with Crippen molar-refractivity contribution in [1.29, 1.82) is 0 Å². The number of amides is 1. The second-order valence-electron chi connectivity index (χ2n) is 10.8. The molecular weight excluding hydrogens is 509 g/mol. The van der Waals surface area contributed by atoms with Crippen LogP contribution in [0.3, 0.4) is 0 Å². The third-order valence-electron chi connectivity index (χ3n) is 8.39. The number of Topliss-reactive ketones (excluding diaryl/α,β-unsaturated/α-hetero) is 3. The lowest BCUT2D eigenvalue weighted by atomic mass is 9.54. The molecule has 0 spiro atoms. The van der Waals surface area contributed by atoms with Crippen LogP contribution in [-0.4, -0.2) is 82.4 Å². The molecule has 3 aliphatic rings. The normalized spacial score (nSPS) is 28.5. The van der Waals surface area contributed by atoms with Gasteiger partial charge in [0, 0.05) is 24.4 Å². The highest BCUT2D eigenvalue weighted by atomic mass is 19.1. The van der Waals surface area contributed by atoms with Crippen LogP contribution < -0.4 is 11.1 Å². The van der Waals surface area contributed by atoms with Gasteiger partial charge < -0.3 is 26.4 Å². The highest BCUT2D eigenvalue weighted by Gasteiger charge is 2.66. The van der Waals surface area contributed by atoms with Gasteiger partial charge in [-0.1, -0.05) is 18.2 Å². The Balaban J connectivity index is 1.62. The van der Waals surface area contributed by atoms with Crippen LogP contribution in [0.25, 0.3) is 10.8 Å². The number of carbonyl (C=O) groups is 4. The van der Waals surface area contributed by atoms with E-state index in [2.05, 4.69) is 5.32 Å². The summed E-state index contributed by atoms with van der Waals surface area (Å²) in [6, 6.07) is 5.95. The Labute approximate surface area is 223 Å². The van der Waals surface area contributed by atoms with Gasteiger partial charge in [-0.25, -0.2) is 4.39 Å². The van der Waals surface area contributed by atoms with Crippen molar-refractivity contribution in [2.24, 2.45) is 23.5 Å². The third kappa shape index (κ3) is 3.87. The molecule has 1 amide bonds. The first-order valence-corrected chi connectivity index (χ1v) is 12.7. The number of aliphatic hydroxyl groups is 2. The smallest absolute Gasteiger partial charge is 0.255 e. The maximum absolute atomic E-state index is 13.9. The van der Waals surface area contributed by atoms with E-state index < -0.39 is 70.7 Å². The molecule has 11 heteroatoms. The van der Waals surface area contributed by atoms with Crippen LogP contribution in [0.5, 0.6) is 5.75 Å². The molecule has 0 saturated heterocycles. The van der Waals surface area contributed by atoms with Crippen molar-refractivity contribution in [3.63, 3.8) is 0 Å². The SMILES string of the molecule is CN(C)[C@@H]1C(=O)C(C(N)=O)=C(O)[C@@]2(O)C(=O)C3C(=O)c4c(cc5ccc(CNCCF)cc5c4O)C[C@H]3C[C@@H]12. The van der Waals surface area contributed by atoms with Crippen molar-refractivity contribution in [2.45, 2.75) is 31.0 Å². The number of fused-ring (bicyclic) bond motifs is 4. The first kappa shape index (κ1) is 26.9. The molecule has 5 rings (SSSR count). The average molecular weight is 540 g/mol. The predicted molar refractivity (Wildman–Crippen MR) is 138 cm³/mol. The molecule has 10 nitrogen and oxygen atoms in total. The van der Waals surface area contributed by atoms with Crippen molar-refractivity contribution >= 4 is 34.0 Å². The lowest BCUT2D eigenvalue weighted by Crippen LogP contribution is -2.68. The number of ketones is 3. The molecular formula is C28H30FN3O7. The van der Waals surface area contributed by atoms with Gasteiger partial charge in [0.1, 0.15) is 23.8 Å². The molecule has 3 aliphatic carbocycles. The quantitative estimate of drug-likeness (QED) is 0.201. The second kappa shape index (κ2) is 9.51. The zero-order chi connectivity index (χ0) is 28.4. The summed E-state index contributed by atoms with van der Waals surface area (Å²) in [5.41, 5.74) is 3.06. The third-order valence-corrected chi connectivity index (χ3v) is 8.39. The molecule has 0 aromatic heterocycles. The number of likely N-dealkylation sites (N-methyl/N-ethyl adjacent to an activating group) is 1. The van der Waals surface area contributed by atoms with Gasteiger partial charge in [-0.15, -0.1) is 0 Å². The number of rotatable bonds is 6. The number of aliphatic hydroxyl groups excluding tert-OH is 1. The molecule has 2 aromatic rings. The van der Waals surface area contributed by atoms with Crippen LogP contribution in [0.4, 0.5) is 4.39 Å². The van der Waals surface area contributed by atoms with Crippen LogP contribution in [-0.2, 0) is 27.3 Å². The molecule has 0 radical (unpaired) electrons. The van der Waals surface area contributed by atoms with Crippen LogP contribution in [0.1, 0.15) is 27.9 Å². The molecule has 206 valence electrons. The van der Waals surface area contributed by atoms with E-state index >= 15 is 0 Å². The number of hydrogen-bond acceptors (Lipinski definition) is 9. The lowest BCUT2D eigenvalue weighted by molar-refractivity contribution is -0.163. The van der Waals surface area contributed by atoms with E-state index in [1.54, 1.807) is 32.3 Å².